The molecule has 0 saturated carbocycles. The first-order valence-corrected chi connectivity index (χ1v) is 15.0. The van der Waals surface area contributed by atoms with Gasteiger partial charge < -0.3 is 28.4 Å². The molecular formula is C39H38O6. The number of benzene rings is 4. The van der Waals surface area contributed by atoms with Gasteiger partial charge in [0, 0.05) is 0 Å². The van der Waals surface area contributed by atoms with Gasteiger partial charge in [0.1, 0.15) is 24.9 Å². The molecule has 1 aliphatic rings. The van der Waals surface area contributed by atoms with E-state index in [0.29, 0.717) is 13.2 Å². The topological polar surface area (TPSA) is 55.4 Å². The first-order chi connectivity index (χ1) is 22.2. The van der Waals surface area contributed by atoms with Crippen LogP contribution >= 0.6 is 0 Å². The monoisotopic (exact) mass is 602 g/mol. The van der Waals surface area contributed by atoms with Crippen molar-refractivity contribution < 1.29 is 28.4 Å². The van der Waals surface area contributed by atoms with Crippen LogP contribution in [0.1, 0.15) is 22.3 Å². The third-order valence-electron chi connectivity index (χ3n) is 7.50. The number of ether oxygens (including phenoxy) is 6. The van der Waals surface area contributed by atoms with E-state index < -0.39 is 30.2 Å². The Morgan fingerprint density at radius 3 is 1.49 bits per heavy atom. The highest BCUT2D eigenvalue weighted by atomic mass is 16.7. The lowest BCUT2D eigenvalue weighted by molar-refractivity contribution is -0.357. The predicted molar refractivity (Wildman–Crippen MR) is 172 cm³/mol. The first kappa shape index (κ1) is 32.2. The largest absolute Gasteiger partial charge is 0.374 e. The zero-order chi connectivity index (χ0) is 31.2. The average Bonchev–Trinajstić information content (AvgIpc) is 3.10. The van der Waals surface area contributed by atoms with Gasteiger partial charge in [0.15, 0.2) is 6.10 Å². The van der Waals surface area contributed by atoms with Crippen LogP contribution in [0.15, 0.2) is 121 Å². The molecule has 4 aromatic rings. The van der Waals surface area contributed by atoms with Gasteiger partial charge in [0.2, 0.25) is 0 Å². The summed E-state index contributed by atoms with van der Waals surface area (Å²) in [4.78, 5) is 0. The van der Waals surface area contributed by atoms with E-state index in [1.165, 1.54) is 0 Å². The summed E-state index contributed by atoms with van der Waals surface area (Å²) < 4.78 is 38.9. The molecule has 0 radical (unpaired) electrons. The van der Waals surface area contributed by atoms with E-state index in [1.807, 2.05) is 121 Å². The highest BCUT2D eigenvalue weighted by Crippen LogP contribution is 2.38. The molecule has 0 spiro atoms. The molecule has 0 bridgehead atoms. The van der Waals surface area contributed by atoms with Gasteiger partial charge in [-0.1, -0.05) is 127 Å². The number of rotatable bonds is 15. The molecule has 5 rings (SSSR count). The molecule has 0 amide bonds. The van der Waals surface area contributed by atoms with Crippen LogP contribution < -0.4 is 0 Å². The number of terminal acetylenes is 2. The molecule has 1 fully saturated rings. The summed E-state index contributed by atoms with van der Waals surface area (Å²) in [5, 5.41) is 0. The molecule has 6 heteroatoms. The van der Waals surface area contributed by atoms with Crippen LogP contribution in [0.2, 0.25) is 0 Å². The quantitative estimate of drug-likeness (QED) is 0.148. The minimum absolute atomic E-state index is 0.0894. The summed E-state index contributed by atoms with van der Waals surface area (Å²) >= 11 is 0. The Morgan fingerprint density at radius 2 is 1.02 bits per heavy atom. The SMILES string of the molecule is C#CCOC1(C#C)O[C@H](COCc2ccccc2)[C@@H](OCc2ccccc2)[C@H](OCc2ccccc2)[C@H]1OCc1ccccc1. The summed E-state index contributed by atoms with van der Waals surface area (Å²) in [5.74, 6) is 3.59. The number of hydrogen-bond acceptors (Lipinski definition) is 6. The summed E-state index contributed by atoms with van der Waals surface area (Å²) in [6.07, 6.45) is 8.92. The maximum absolute atomic E-state index is 6.69. The van der Waals surface area contributed by atoms with Crippen LogP contribution in [0.4, 0.5) is 0 Å². The van der Waals surface area contributed by atoms with Gasteiger partial charge in [-0.3, -0.25) is 0 Å². The smallest absolute Gasteiger partial charge is 0.264 e. The minimum Gasteiger partial charge on any atom is -0.374 e. The second kappa shape index (κ2) is 16.7. The molecule has 1 heterocycles. The van der Waals surface area contributed by atoms with Crippen LogP contribution in [-0.4, -0.2) is 43.4 Å². The maximum Gasteiger partial charge on any atom is 0.264 e. The molecule has 1 aliphatic heterocycles. The van der Waals surface area contributed by atoms with Gasteiger partial charge >= 0.3 is 0 Å². The lowest BCUT2D eigenvalue weighted by Crippen LogP contribution is -2.67. The molecule has 0 N–H and O–H groups in total. The molecule has 45 heavy (non-hydrogen) atoms. The predicted octanol–water partition coefficient (Wildman–Crippen LogP) is 6.34. The summed E-state index contributed by atoms with van der Waals surface area (Å²) in [7, 11) is 0. The van der Waals surface area contributed by atoms with Gasteiger partial charge in [-0.2, -0.15) is 0 Å². The van der Waals surface area contributed by atoms with Crippen LogP contribution in [0.3, 0.4) is 0 Å². The normalized spacial score (nSPS) is 22.7. The molecule has 230 valence electrons. The van der Waals surface area contributed by atoms with E-state index in [-0.39, 0.29) is 26.4 Å². The van der Waals surface area contributed by atoms with E-state index in [1.54, 1.807) is 0 Å². The number of hydrogen-bond donors (Lipinski definition) is 0. The molecule has 1 unspecified atom stereocenters. The van der Waals surface area contributed by atoms with Crippen molar-refractivity contribution in [3.63, 3.8) is 0 Å². The zero-order valence-corrected chi connectivity index (χ0v) is 25.2. The molecule has 5 atom stereocenters. The van der Waals surface area contributed by atoms with Gasteiger partial charge in [-0.25, -0.2) is 0 Å². The standard InChI is InChI=1S/C39H38O6/c1-3-25-44-39(4-2)38(43-29-34-23-15-8-16-24-34)37(42-28-33-21-13-7-14-22-33)36(41-27-32-19-11-6-12-20-32)35(45-39)30-40-26-31-17-9-5-10-18-31/h1-2,5-24,35-38H,25-30H2/t35-,36-,37+,38-,39?/m1/s1. The van der Waals surface area contributed by atoms with Gasteiger partial charge in [-0.05, 0) is 28.2 Å². The molecule has 4 aromatic carbocycles. The molecule has 0 aliphatic carbocycles. The Bertz CT molecular complexity index is 1500. The third-order valence-corrected chi connectivity index (χ3v) is 7.50. The third kappa shape index (κ3) is 8.91. The van der Waals surface area contributed by atoms with Crippen molar-refractivity contribution >= 4 is 0 Å². The van der Waals surface area contributed by atoms with Crippen molar-refractivity contribution in [2.45, 2.75) is 56.6 Å². The first-order valence-electron chi connectivity index (χ1n) is 15.0. The molecule has 0 aromatic heterocycles. The molecule has 1 saturated heterocycles. The maximum atomic E-state index is 6.69. The van der Waals surface area contributed by atoms with Crippen molar-refractivity contribution in [3.05, 3.63) is 144 Å². The van der Waals surface area contributed by atoms with Crippen LogP contribution in [0.5, 0.6) is 0 Å². The second-order valence-corrected chi connectivity index (χ2v) is 10.7. The van der Waals surface area contributed by atoms with E-state index in [4.69, 9.17) is 41.3 Å². The Kier molecular flexibility index (Phi) is 12.0. The van der Waals surface area contributed by atoms with Crippen molar-refractivity contribution in [2.75, 3.05) is 13.2 Å². The van der Waals surface area contributed by atoms with Crippen LogP contribution in [0.25, 0.3) is 0 Å². The fraction of sp³-hybridized carbons (Fsp3) is 0.282. The lowest BCUT2D eigenvalue weighted by atomic mass is 9.91. The van der Waals surface area contributed by atoms with E-state index >= 15 is 0 Å². The fourth-order valence-corrected chi connectivity index (χ4v) is 5.26. The van der Waals surface area contributed by atoms with E-state index in [0.717, 1.165) is 22.3 Å². The Balaban J connectivity index is 1.49. The van der Waals surface area contributed by atoms with Gasteiger partial charge in [0.05, 0.1) is 33.0 Å². The molecular weight excluding hydrogens is 564 g/mol. The highest BCUT2D eigenvalue weighted by molar-refractivity contribution is 5.19. The Labute approximate surface area is 266 Å². The van der Waals surface area contributed by atoms with E-state index in [2.05, 4.69) is 11.8 Å². The average molecular weight is 603 g/mol. The van der Waals surface area contributed by atoms with Crippen molar-refractivity contribution in [3.8, 4) is 24.7 Å². The summed E-state index contributed by atoms with van der Waals surface area (Å²) in [6.45, 7) is 1.29. The Morgan fingerprint density at radius 1 is 0.578 bits per heavy atom. The van der Waals surface area contributed by atoms with Crippen molar-refractivity contribution in [2.24, 2.45) is 0 Å². The lowest BCUT2D eigenvalue weighted by Gasteiger charge is -2.49. The van der Waals surface area contributed by atoms with Crippen molar-refractivity contribution in [1.29, 1.82) is 0 Å². The van der Waals surface area contributed by atoms with Gasteiger partial charge in [0.25, 0.3) is 5.79 Å². The minimum atomic E-state index is -1.67. The second-order valence-electron chi connectivity index (χ2n) is 10.7. The van der Waals surface area contributed by atoms with E-state index in [9.17, 15) is 0 Å². The fourth-order valence-electron chi connectivity index (χ4n) is 5.26. The van der Waals surface area contributed by atoms with Gasteiger partial charge in [-0.15, -0.1) is 12.8 Å². The molecule has 6 nitrogen and oxygen atoms in total. The Hall–Kier alpha value is -4.24. The highest BCUT2D eigenvalue weighted by Gasteiger charge is 2.57. The summed E-state index contributed by atoms with van der Waals surface area (Å²) in [5.41, 5.74) is 3.97. The summed E-state index contributed by atoms with van der Waals surface area (Å²) in [6, 6.07) is 39.6. The van der Waals surface area contributed by atoms with Crippen LogP contribution in [0, 0.1) is 24.7 Å². The van der Waals surface area contributed by atoms with Crippen molar-refractivity contribution in [1.82, 2.24) is 0 Å². The van der Waals surface area contributed by atoms with Crippen LogP contribution in [-0.2, 0) is 54.8 Å². The zero-order valence-electron chi connectivity index (χ0n) is 25.2.